The minimum absolute atomic E-state index is 0.0403. The minimum Gasteiger partial charge on any atom is -0.493 e. The maximum atomic E-state index is 14.1. The Kier molecular flexibility index (Phi) is 11.7. The predicted octanol–water partition coefficient (Wildman–Crippen LogP) is 7.27. The summed E-state index contributed by atoms with van der Waals surface area (Å²) < 4.78 is 75.6. The van der Waals surface area contributed by atoms with Gasteiger partial charge in [0.2, 0.25) is 15.8 Å². The van der Waals surface area contributed by atoms with Crippen molar-refractivity contribution in [3.63, 3.8) is 0 Å². The molecule has 2 N–H and O–H groups in total. The smallest absolute Gasteiger partial charge is 0.475 e. The topological polar surface area (TPSA) is 198 Å². The summed E-state index contributed by atoms with van der Waals surface area (Å²) >= 11 is 6.42. The number of benzene rings is 3. The van der Waals surface area contributed by atoms with Crippen LogP contribution in [0.2, 0.25) is 0 Å². The molecule has 16 nitrogen and oxygen atoms in total. The molecule has 19 heteroatoms. The zero-order valence-electron chi connectivity index (χ0n) is 31.4. The van der Waals surface area contributed by atoms with Gasteiger partial charge in [0, 0.05) is 36.3 Å². The molecule has 1 aromatic heterocycles. The number of anilines is 1. The molecule has 4 aromatic rings. The van der Waals surface area contributed by atoms with Crippen LogP contribution in [0.4, 0.5) is 11.4 Å². The van der Waals surface area contributed by atoms with Crippen molar-refractivity contribution in [3.8, 4) is 17.2 Å². The summed E-state index contributed by atoms with van der Waals surface area (Å²) in [6.45, 7) is 9.47. The normalized spacial score (nSPS) is 15.1. The second-order valence-corrected chi connectivity index (χ2v) is 18.0. The van der Waals surface area contributed by atoms with Gasteiger partial charge < -0.3 is 24.1 Å². The number of nitro groups is 1. The average molecular weight is 811 g/mol. The van der Waals surface area contributed by atoms with E-state index in [0.717, 1.165) is 0 Å². The van der Waals surface area contributed by atoms with Crippen LogP contribution in [-0.2, 0) is 28.2 Å². The fraction of sp³-hybridized carbons (Fsp3) is 0.457. The number of non-ortho nitro benzene ring substituents is 1. The number of halogens is 1. The van der Waals surface area contributed by atoms with E-state index in [0.29, 0.717) is 39.1 Å². The maximum absolute atomic E-state index is 14.1. The number of nitro benzene ring substituents is 1. The molecule has 1 aliphatic heterocycles. The first-order valence-corrected chi connectivity index (χ1v) is 20.2. The number of H-pyrrole nitrogens is 1. The number of phosphoric acid groups is 1. The number of ether oxygens (including phenoxy) is 3. The summed E-state index contributed by atoms with van der Waals surface area (Å²) in [5, 5.41) is 13.5. The number of aromatic nitrogens is 1. The number of carbonyl (C=O) groups excluding carboxylic acids is 1. The monoisotopic (exact) mass is 810 g/mol. The van der Waals surface area contributed by atoms with Gasteiger partial charge in [-0.3, -0.25) is 28.5 Å². The van der Waals surface area contributed by atoms with Gasteiger partial charge in [0.25, 0.3) is 11.6 Å². The Morgan fingerprint density at radius 1 is 1.00 bits per heavy atom. The first-order chi connectivity index (χ1) is 25.2. The standard InChI is InChI=1S/C35H44ClN4O12PS/c1-34(2,3)51-53(44,52-35(4,5)6)50-13-12-37-54(45,46)22-10-11-23-24(16-22)26(40(42)43)17-27-29(23)21(18-36)19-39(27)33(41)25-14-20-15-28(47-7)31(48-8)32(49-9)30(20)38-25/h10-11,14-17,21,37-38H,12-13,18-19H2,1-9H3. The van der Waals surface area contributed by atoms with Crippen molar-refractivity contribution in [2.45, 2.75) is 63.6 Å². The van der Waals surface area contributed by atoms with E-state index in [1.807, 2.05) is 0 Å². The number of nitrogens with one attached hydrogen (secondary N) is 2. The van der Waals surface area contributed by atoms with Gasteiger partial charge in [0.05, 0.1) is 65.5 Å². The highest BCUT2D eigenvalue weighted by Crippen LogP contribution is 2.55. The quantitative estimate of drug-likeness (QED) is 0.0425. The van der Waals surface area contributed by atoms with Gasteiger partial charge in [-0.1, -0.05) is 6.07 Å². The Bertz CT molecular complexity index is 2250. The number of hydrogen-bond donors (Lipinski definition) is 2. The van der Waals surface area contributed by atoms with Crippen molar-refractivity contribution in [3.05, 3.63) is 57.8 Å². The van der Waals surface area contributed by atoms with Gasteiger partial charge in [-0.05, 0) is 76.8 Å². The lowest BCUT2D eigenvalue weighted by atomic mass is 9.95. The molecule has 1 aliphatic rings. The zero-order chi connectivity index (χ0) is 40.0. The largest absolute Gasteiger partial charge is 0.493 e. The molecule has 0 saturated heterocycles. The van der Waals surface area contributed by atoms with E-state index < -0.39 is 51.5 Å². The molecule has 54 heavy (non-hydrogen) atoms. The van der Waals surface area contributed by atoms with Crippen LogP contribution in [-0.4, -0.2) is 82.3 Å². The lowest BCUT2D eigenvalue weighted by Gasteiger charge is -2.30. The van der Waals surface area contributed by atoms with Gasteiger partial charge in [-0.25, -0.2) is 17.7 Å². The Morgan fingerprint density at radius 3 is 2.20 bits per heavy atom. The van der Waals surface area contributed by atoms with Crippen LogP contribution in [0.3, 0.4) is 0 Å². The number of sulfonamides is 1. The van der Waals surface area contributed by atoms with Crippen molar-refractivity contribution in [2.24, 2.45) is 0 Å². The van der Waals surface area contributed by atoms with Crippen molar-refractivity contribution >= 4 is 68.4 Å². The lowest BCUT2D eigenvalue weighted by molar-refractivity contribution is -0.383. The Labute approximate surface area is 318 Å². The summed E-state index contributed by atoms with van der Waals surface area (Å²) in [7, 11) is -3.95. The highest BCUT2D eigenvalue weighted by atomic mass is 35.5. The summed E-state index contributed by atoms with van der Waals surface area (Å²) in [6, 6.07) is 8.55. The third-order valence-electron chi connectivity index (χ3n) is 8.21. The van der Waals surface area contributed by atoms with E-state index in [9.17, 15) is 27.9 Å². The van der Waals surface area contributed by atoms with Crippen LogP contribution >= 0.6 is 19.4 Å². The molecular weight excluding hydrogens is 767 g/mol. The van der Waals surface area contributed by atoms with Gasteiger partial charge in [0.15, 0.2) is 11.5 Å². The van der Waals surface area contributed by atoms with E-state index in [1.165, 1.54) is 50.5 Å². The number of methoxy groups -OCH3 is 3. The highest BCUT2D eigenvalue weighted by molar-refractivity contribution is 7.89. The minimum atomic E-state index is -4.25. The molecule has 3 aromatic carbocycles. The number of fused-ring (bicyclic) bond motifs is 4. The average Bonchev–Trinajstić information content (AvgIpc) is 3.68. The van der Waals surface area contributed by atoms with Crippen molar-refractivity contribution < 1.29 is 50.5 Å². The Morgan fingerprint density at radius 2 is 1.65 bits per heavy atom. The van der Waals surface area contributed by atoms with Gasteiger partial charge >= 0.3 is 7.82 Å². The van der Waals surface area contributed by atoms with Crippen LogP contribution in [0, 0.1) is 10.1 Å². The van der Waals surface area contributed by atoms with Crippen LogP contribution < -0.4 is 23.8 Å². The predicted molar refractivity (Wildman–Crippen MR) is 204 cm³/mol. The third-order valence-corrected chi connectivity index (χ3v) is 12.1. The van der Waals surface area contributed by atoms with E-state index in [2.05, 4.69) is 9.71 Å². The number of alkyl halides is 1. The van der Waals surface area contributed by atoms with Crippen LogP contribution in [0.25, 0.3) is 21.7 Å². The molecule has 1 amide bonds. The van der Waals surface area contributed by atoms with Gasteiger partial charge in [-0.2, -0.15) is 0 Å². The van der Waals surface area contributed by atoms with E-state index in [1.54, 1.807) is 53.7 Å². The zero-order valence-corrected chi connectivity index (χ0v) is 33.9. The van der Waals surface area contributed by atoms with Crippen LogP contribution in [0.15, 0.2) is 41.3 Å². The molecule has 0 aliphatic carbocycles. The van der Waals surface area contributed by atoms with Gasteiger partial charge in [-0.15, -0.1) is 11.6 Å². The number of rotatable bonds is 14. The number of phosphoric ester groups is 1. The summed E-state index contributed by atoms with van der Waals surface area (Å²) in [5.74, 6) is 0.197. The SMILES string of the molecule is COc1cc2cc(C(=O)N3CC(CCl)c4c3cc([N+](=O)[O-])c3cc(S(=O)(=O)NCCOP(=O)(OC(C)(C)C)OC(C)(C)C)ccc43)[nH]c2c(OC)c1OC. The van der Waals surface area contributed by atoms with Crippen LogP contribution in [0.1, 0.15) is 63.5 Å². The Hall–Kier alpha value is -3.96. The number of carbonyl (C=O) groups is 1. The fourth-order valence-corrected chi connectivity index (χ4v) is 9.35. The second-order valence-electron chi connectivity index (χ2n) is 14.4. The molecule has 2 heterocycles. The van der Waals surface area contributed by atoms with E-state index >= 15 is 0 Å². The second kappa shape index (κ2) is 15.3. The first kappa shape index (κ1) is 41.2. The summed E-state index contributed by atoms with van der Waals surface area (Å²) in [5.41, 5.74) is -0.696. The molecule has 5 rings (SSSR count). The molecule has 0 fully saturated rings. The molecule has 0 radical (unpaired) electrons. The molecule has 0 bridgehead atoms. The van der Waals surface area contributed by atoms with Crippen molar-refractivity contribution in [1.82, 2.24) is 9.71 Å². The summed E-state index contributed by atoms with van der Waals surface area (Å²) in [6.07, 6.45) is 0. The first-order valence-electron chi connectivity index (χ1n) is 16.8. The van der Waals surface area contributed by atoms with Crippen LogP contribution in [0.5, 0.6) is 17.2 Å². The molecule has 0 saturated carbocycles. The molecule has 294 valence electrons. The third kappa shape index (κ3) is 8.47. The fourth-order valence-electron chi connectivity index (χ4n) is 6.26. The molecule has 0 spiro atoms. The summed E-state index contributed by atoms with van der Waals surface area (Å²) in [4.78, 5) is 30.2. The maximum Gasteiger partial charge on any atom is 0.475 e. The van der Waals surface area contributed by atoms with E-state index in [4.69, 9.17) is 39.4 Å². The van der Waals surface area contributed by atoms with Crippen molar-refractivity contribution in [1.29, 1.82) is 0 Å². The highest BCUT2D eigenvalue weighted by Gasteiger charge is 2.39. The Balaban J connectivity index is 1.47. The number of amides is 1. The molecular formula is C35H44ClN4O12PS. The number of hydrogen-bond acceptors (Lipinski definition) is 12. The van der Waals surface area contributed by atoms with Gasteiger partial charge in [0.1, 0.15) is 5.69 Å². The van der Waals surface area contributed by atoms with Crippen molar-refractivity contribution in [2.75, 3.05) is 51.8 Å². The molecule has 1 atom stereocenters. The number of nitrogens with zero attached hydrogens (tertiary/aromatic N) is 2. The van der Waals surface area contributed by atoms with E-state index in [-0.39, 0.29) is 47.2 Å². The lowest BCUT2D eigenvalue weighted by Crippen LogP contribution is -2.30. The number of aromatic amines is 1. The molecule has 1 unspecified atom stereocenters.